The third-order valence-electron chi connectivity index (χ3n) is 3.78. The minimum Gasteiger partial charge on any atom is -0.395 e. The van der Waals surface area contributed by atoms with Crippen LogP contribution in [0.25, 0.3) is 0 Å². The van der Waals surface area contributed by atoms with Crippen molar-refractivity contribution in [1.82, 2.24) is 4.90 Å². The van der Waals surface area contributed by atoms with Crippen LogP contribution in [0, 0.1) is 0 Å². The maximum absolute atomic E-state index is 12.2. The number of halogens is 2. The Kier molecular flexibility index (Phi) is 6.67. The van der Waals surface area contributed by atoms with Crippen LogP contribution < -0.4 is 5.32 Å². The van der Waals surface area contributed by atoms with Crippen LogP contribution in [0.1, 0.15) is 25.7 Å². The van der Waals surface area contributed by atoms with Gasteiger partial charge >= 0.3 is 0 Å². The number of nitrogens with zero attached hydrogens (tertiary/aromatic N) is 1. The lowest BCUT2D eigenvalue weighted by Gasteiger charge is -2.27. The quantitative estimate of drug-likeness (QED) is 0.742. The molecule has 0 saturated heterocycles. The number of carbonyl (C=O) groups excluding carboxylic acids is 1. The number of amides is 1. The number of aliphatic hydroxyl groups is 1. The fraction of sp³-hybridized carbons (Fsp3) is 0.533. The van der Waals surface area contributed by atoms with Crippen molar-refractivity contribution in [3.05, 3.63) is 27.1 Å². The van der Waals surface area contributed by atoms with Crippen LogP contribution in [-0.4, -0.2) is 41.7 Å². The molecular formula is C15H20Br2N2O2. The molecule has 0 radical (unpaired) electrons. The van der Waals surface area contributed by atoms with Gasteiger partial charge in [-0.05, 0) is 47.0 Å². The highest BCUT2D eigenvalue weighted by Crippen LogP contribution is 2.27. The molecule has 4 nitrogen and oxygen atoms in total. The van der Waals surface area contributed by atoms with Crippen molar-refractivity contribution in [3.8, 4) is 0 Å². The van der Waals surface area contributed by atoms with E-state index in [1.54, 1.807) is 0 Å². The summed E-state index contributed by atoms with van der Waals surface area (Å²) >= 11 is 6.83. The zero-order valence-corrected chi connectivity index (χ0v) is 15.0. The molecule has 2 N–H and O–H groups in total. The third kappa shape index (κ3) is 5.06. The van der Waals surface area contributed by atoms with Crippen LogP contribution in [0.3, 0.4) is 0 Å². The van der Waals surface area contributed by atoms with Gasteiger partial charge in [0.05, 0.1) is 18.8 Å². The first-order chi connectivity index (χ1) is 10.1. The molecular weight excluding hydrogens is 400 g/mol. The number of rotatable bonds is 6. The predicted octanol–water partition coefficient (Wildman–Crippen LogP) is 3.39. The summed E-state index contributed by atoms with van der Waals surface area (Å²) in [7, 11) is 0. The lowest BCUT2D eigenvalue weighted by Crippen LogP contribution is -2.41. The Labute approximate surface area is 142 Å². The third-order valence-corrected chi connectivity index (χ3v) is 4.93. The molecule has 0 unspecified atom stereocenters. The Morgan fingerprint density at radius 2 is 2.05 bits per heavy atom. The van der Waals surface area contributed by atoms with E-state index in [1.165, 1.54) is 12.8 Å². The van der Waals surface area contributed by atoms with Crippen LogP contribution in [0.15, 0.2) is 27.1 Å². The number of hydrogen-bond acceptors (Lipinski definition) is 3. The zero-order chi connectivity index (χ0) is 15.2. The summed E-state index contributed by atoms with van der Waals surface area (Å²) in [5.74, 6) is -0.0432. The first-order valence-electron chi connectivity index (χ1n) is 7.20. The highest BCUT2D eigenvalue weighted by molar-refractivity contribution is 9.11. The number of carbonyl (C=O) groups is 1. The SMILES string of the molecule is O=C(CN(CCO)C1CCCC1)Nc1ccc(Br)cc1Br. The normalized spacial score (nSPS) is 15.6. The Balaban J connectivity index is 1.95. The summed E-state index contributed by atoms with van der Waals surface area (Å²) in [5, 5.41) is 12.1. The van der Waals surface area contributed by atoms with E-state index in [-0.39, 0.29) is 12.5 Å². The van der Waals surface area contributed by atoms with E-state index in [0.717, 1.165) is 27.5 Å². The summed E-state index contributed by atoms with van der Waals surface area (Å²) < 4.78 is 1.81. The van der Waals surface area contributed by atoms with E-state index in [2.05, 4.69) is 42.1 Å². The molecule has 1 aliphatic carbocycles. The van der Waals surface area contributed by atoms with Gasteiger partial charge < -0.3 is 10.4 Å². The molecule has 0 bridgehead atoms. The maximum Gasteiger partial charge on any atom is 0.238 e. The number of hydrogen-bond donors (Lipinski definition) is 2. The monoisotopic (exact) mass is 418 g/mol. The summed E-state index contributed by atoms with van der Waals surface area (Å²) in [6.07, 6.45) is 4.67. The average molecular weight is 420 g/mol. The first kappa shape index (κ1) is 16.9. The van der Waals surface area contributed by atoms with Gasteiger partial charge in [-0.15, -0.1) is 0 Å². The second-order valence-corrected chi connectivity index (χ2v) is 7.07. The van der Waals surface area contributed by atoms with Crippen LogP contribution >= 0.6 is 31.9 Å². The highest BCUT2D eigenvalue weighted by atomic mass is 79.9. The molecule has 21 heavy (non-hydrogen) atoms. The molecule has 1 aromatic carbocycles. The predicted molar refractivity (Wildman–Crippen MR) is 91.4 cm³/mol. The van der Waals surface area contributed by atoms with Gasteiger partial charge in [0.1, 0.15) is 0 Å². The molecule has 0 atom stereocenters. The van der Waals surface area contributed by atoms with Crippen molar-refractivity contribution in [1.29, 1.82) is 0 Å². The van der Waals surface area contributed by atoms with Crippen molar-refractivity contribution in [2.45, 2.75) is 31.7 Å². The minimum atomic E-state index is -0.0432. The van der Waals surface area contributed by atoms with E-state index in [9.17, 15) is 9.90 Å². The standard InChI is InChI=1S/C15H20Br2N2O2/c16-11-5-6-14(13(17)9-11)18-15(21)10-19(7-8-20)12-3-1-2-4-12/h5-6,9,12,20H,1-4,7-8,10H2,(H,18,21). The summed E-state index contributed by atoms with van der Waals surface area (Å²) in [6, 6.07) is 6.08. The van der Waals surface area contributed by atoms with Crippen LogP contribution in [0.5, 0.6) is 0 Å². The molecule has 116 valence electrons. The molecule has 2 rings (SSSR count). The smallest absolute Gasteiger partial charge is 0.238 e. The van der Waals surface area contributed by atoms with Crippen LogP contribution in [0.2, 0.25) is 0 Å². The zero-order valence-electron chi connectivity index (χ0n) is 11.8. The first-order valence-corrected chi connectivity index (χ1v) is 8.78. The van der Waals surface area contributed by atoms with Gasteiger partial charge in [-0.3, -0.25) is 9.69 Å². The van der Waals surface area contributed by atoms with E-state index in [0.29, 0.717) is 19.1 Å². The van der Waals surface area contributed by atoms with Crippen molar-refractivity contribution >= 4 is 43.5 Å². The van der Waals surface area contributed by atoms with E-state index in [1.807, 2.05) is 18.2 Å². The number of aliphatic hydroxyl groups excluding tert-OH is 1. The van der Waals surface area contributed by atoms with Crippen LogP contribution in [0.4, 0.5) is 5.69 Å². The van der Waals surface area contributed by atoms with E-state index >= 15 is 0 Å². The van der Waals surface area contributed by atoms with Crippen molar-refractivity contribution < 1.29 is 9.90 Å². The second kappa shape index (κ2) is 8.27. The molecule has 1 aliphatic rings. The molecule has 1 saturated carbocycles. The number of anilines is 1. The van der Waals surface area contributed by atoms with Gasteiger partial charge in [0.2, 0.25) is 5.91 Å². The topological polar surface area (TPSA) is 52.6 Å². The van der Waals surface area contributed by atoms with Gasteiger partial charge in [-0.2, -0.15) is 0 Å². The van der Waals surface area contributed by atoms with Gasteiger partial charge in [0, 0.05) is 21.5 Å². The molecule has 0 aliphatic heterocycles. The van der Waals surface area contributed by atoms with Gasteiger partial charge in [-0.1, -0.05) is 28.8 Å². The minimum absolute atomic E-state index is 0.0432. The molecule has 1 fully saturated rings. The Hall–Kier alpha value is -0.430. The van der Waals surface area contributed by atoms with Gasteiger partial charge in [0.15, 0.2) is 0 Å². The Bertz CT molecular complexity index is 491. The largest absolute Gasteiger partial charge is 0.395 e. The lowest BCUT2D eigenvalue weighted by atomic mass is 10.2. The van der Waals surface area contributed by atoms with E-state index < -0.39 is 0 Å². The fourth-order valence-corrected chi connectivity index (χ4v) is 3.90. The molecule has 1 amide bonds. The Morgan fingerprint density at radius 1 is 1.33 bits per heavy atom. The molecule has 0 heterocycles. The number of nitrogens with one attached hydrogen (secondary N) is 1. The molecule has 0 spiro atoms. The second-order valence-electron chi connectivity index (χ2n) is 5.30. The lowest BCUT2D eigenvalue weighted by molar-refractivity contribution is -0.118. The van der Waals surface area contributed by atoms with Crippen molar-refractivity contribution in [3.63, 3.8) is 0 Å². The summed E-state index contributed by atoms with van der Waals surface area (Å²) in [6.45, 7) is 0.971. The Morgan fingerprint density at radius 3 is 2.67 bits per heavy atom. The van der Waals surface area contributed by atoms with Crippen molar-refractivity contribution in [2.75, 3.05) is 25.0 Å². The molecule has 0 aromatic heterocycles. The number of benzene rings is 1. The maximum atomic E-state index is 12.2. The molecule has 6 heteroatoms. The molecule has 1 aromatic rings. The highest BCUT2D eigenvalue weighted by Gasteiger charge is 2.24. The van der Waals surface area contributed by atoms with Crippen molar-refractivity contribution in [2.24, 2.45) is 0 Å². The van der Waals surface area contributed by atoms with E-state index in [4.69, 9.17) is 0 Å². The summed E-state index contributed by atoms with van der Waals surface area (Å²) in [4.78, 5) is 14.3. The average Bonchev–Trinajstić information content (AvgIpc) is 2.95. The van der Waals surface area contributed by atoms with Gasteiger partial charge in [-0.25, -0.2) is 0 Å². The van der Waals surface area contributed by atoms with Gasteiger partial charge in [0.25, 0.3) is 0 Å². The fourth-order valence-electron chi connectivity index (χ4n) is 2.75. The van der Waals surface area contributed by atoms with Crippen LogP contribution in [-0.2, 0) is 4.79 Å². The summed E-state index contributed by atoms with van der Waals surface area (Å²) in [5.41, 5.74) is 0.763.